The summed E-state index contributed by atoms with van der Waals surface area (Å²) in [6.45, 7) is 2.10. The van der Waals surface area contributed by atoms with E-state index in [4.69, 9.17) is 27.9 Å². The predicted octanol–water partition coefficient (Wildman–Crippen LogP) is 2.24. The molecular formula is C13H16Cl2N2O2. The van der Waals surface area contributed by atoms with Crippen molar-refractivity contribution in [1.29, 1.82) is 0 Å². The van der Waals surface area contributed by atoms with E-state index in [1.54, 1.807) is 18.2 Å². The van der Waals surface area contributed by atoms with Crippen LogP contribution in [0.2, 0.25) is 10.0 Å². The fourth-order valence-electron chi connectivity index (χ4n) is 1.92. The Bertz CT molecular complexity index is 448. The van der Waals surface area contributed by atoms with Crippen molar-refractivity contribution >= 4 is 29.1 Å². The SMILES string of the molecule is O=C(CCOc1ccc(Cl)cc1Cl)NC1CCNC1. The number of benzene rings is 1. The maximum atomic E-state index is 11.7. The Morgan fingerprint density at radius 3 is 3.00 bits per heavy atom. The third-order valence-corrected chi connectivity index (χ3v) is 3.44. The third kappa shape index (κ3) is 4.56. The molecule has 0 bridgehead atoms. The molecule has 4 nitrogen and oxygen atoms in total. The second-order valence-corrected chi connectivity index (χ2v) is 5.27. The van der Waals surface area contributed by atoms with Crippen LogP contribution in [0.1, 0.15) is 12.8 Å². The Balaban J connectivity index is 1.72. The number of halogens is 2. The first-order chi connectivity index (χ1) is 9.15. The van der Waals surface area contributed by atoms with Crippen LogP contribution in [0, 0.1) is 0 Å². The summed E-state index contributed by atoms with van der Waals surface area (Å²) in [6, 6.07) is 5.26. The fraction of sp³-hybridized carbons (Fsp3) is 0.462. The van der Waals surface area contributed by atoms with Gasteiger partial charge in [-0.2, -0.15) is 0 Å². The molecular weight excluding hydrogens is 287 g/mol. The number of carbonyl (C=O) groups excluding carboxylic acids is 1. The summed E-state index contributed by atoms with van der Waals surface area (Å²) in [4.78, 5) is 11.7. The number of rotatable bonds is 5. The minimum absolute atomic E-state index is 0.00112. The van der Waals surface area contributed by atoms with Crippen molar-refractivity contribution in [3.8, 4) is 5.75 Å². The maximum absolute atomic E-state index is 11.7. The van der Waals surface area contributed by atoms with E-state index < -0.39 is 0 Å². The van der Waals surface area contributed by atoms with Crippen LogP contribution >= 0.6 is 23.2 Å². The third-order valence-electron chi connectivity index (χ3n) is 2.91. The van der Waals surface area contributed by atoms with Gasteiger partial charge in [0.1, 0.15) is 5.75 Å². The fourth-order valence-corrected chi connectivity index (χ4v) is 2.39. The number of carbonyl (C=O) groups is 1. The molecule has 2 N–H and O–H groups in total. The molecule has 1 aliphatic rings. The molecule has 1 fully saturated rings. The average Bonchev–Trinajstić information content (AvgIpc) is 2.84. The van der Waals surface area contributed by atoms with Gasteiger partial charge in [-0.15, -0.1) is 0 Å². The number of nitrogens with one attached hydrogen (secondary N) is 2. The van der Waals surface area contributed by atoms with Gasteiger partial charge in [-0.25, -0.2) is 0 Å². The lowest BCUT2D eigenvalue weighted by atomic mass is 10.2. The summed E-state index contributed by atoms with van der Waals surface area (Å²) in [5.74, 6) is 0.542. The molecule has 1 amide bonds. The van der Waals surface area contributed by atoms with Gasteiger partial charge < -0.3 is 15.4 Å². The minimum Gasteiger partial charge on any atom is -0.491 e. The van der Waals surface area contributed by atoms with E-state index in [0.29, 0.717) is 28.8 Å². The topological polar surface area (TPSA) is 50.4 Å². The standard InChI is InChI=1S/C13H16Cl2N2O2/c14-9-1-2-12(11(15)7-9)19-6-4-13(18)17-10-3-5-16-8-10/h1-2,7,10,16H,3-6,8H2,(H,17,18). The molecule has 0 spiro atoms. The van der Waals surface area contributed by atoms with Crippen LogP contribution in [0.15, 0.2) is 18.2 Å². The van der Waals surface area contributed by atoms with Gasteiger partial charge in [0, 0.05) is 17.6 Å². The second-order valence-electron chi connectivity index (χ2n) is 4.43. The molecule has 1 heterocycles. The highest BCUT2D eigenvalue weighted by Gasteiger charge is 2.16. The zero-order chi connectivity index (χ0) is 13.7. The molecule has 1 atom stereocenters. The molecule has 1 aliphatic heterocycles. The first-order valence-corrected chi connectivity index (χ1v) is 6.98. The molecule has 104 valence electrons. The largest absolute Gasteiger partial charge is 0.491 e. The minimum atomic E-state index is -0.00112. The van der Waals surface area contributed by atoms with Crippen molar-refractivity contribution in [3.05, 3.63) is 28.2 Å². The molecule has 0 saturated carbocycles. The van der Waals surface area contributed by atoms with Gasteiger partial charge >= 0.3 is 0 Å². The zero-order valence-corrected chi connectivity index (χ0v) is 11.9. The molecule has 1 aromatic carbocycles. The van der Waals surface area contributed by atoms with Crippen molar-refractivity contribution in [3.63, 3.8) is 0 Å². The quantitative estimate of drug-likeness (QED) is 0.877. The summed E-state index contributed by atoms with van der Waals surface area (Å²) < 4.78 is 5.46. The van der Waals surface area contributed by atoms with Gasteiger partial charge in [0.05, 0.1) is 18.1 Å². The number of hydrogen-bond acceptors (Lipinski definition) is 3. The van der Waals surface area contributed by atoms with Gasteiger partial charge in [-0.05, 0) is 31.2 Å². The van der Waals surface area contributed by atoms with E-state index in [1.807, 2.05) is 0 Å². The first-order valence-electron chi connectivity index (χ1n) is 6.23. The van der Waals surface area contributed by atoms with Gasteiger partial charge in [-0.3, -0.25) is 4.79 Å². The molecule has 1 saturated heterocycles. The lowest BCUT2D eigenvalue weighted by Crippen LogP contribution is -2.36. The molecule has 1 unspecified atom stereocenters. The normalized spacial score (nSPS) is 18.3. The van der Waals surface area contributed by atoms with Gasteiger partial charge in [-0.1, -0.05) is 23.2 Å². The van der Waals surface area contributed by atoms with Crippen molar-refractivity contribution in [2.24, 2.45) is 0 Å². The Kier molecular flexibility index (Phi) is 5.31. The van der Waals surface area contributed by atoms with Crippen LogP contribution in [0.5, 0.6) is 5.75 Å². The van der Waals surface area contributed by atoms with Crippen LogP contribution < -0.4 is 15.4 Å². The lowest BCUT2D eigenvalue weighted by molar-refractivity contribution is -0.122. The number of hydrogen-bond donors (Lipinski definition) is 2. The second kappa shape index (κ2) is 6.98. The highest BCUT2D eigenvalue weighted by molar-refractivity contribution is 6.35. The first kappa shape index (κ1) is 14.4. The highest BCUT2D eigenvalue weighted by Crippen LogP contribution is 2.27. The van der Waals surface area contributed by atoms with Crippen LogP contribution in [0.25, 0.3) is 0 Å². The highest BCUT2D eigenvalue weighted by atomic mass is 35.5. The van der Waals surface area contributed by atoms with Crippen LogP contribution in [-0.4, -0.2) is 31.6 Å². The molecule has 0 aromatic heterocycles. The molecule has 6 heteroatoms. The maximum Gasteiger partial charge on any atom is 0.223 e. The predicted molar refractivity (Wildman–Crippen MR) is 76.0 cm³/mol. The molecule has 19 heavy (non-hydrogen) atoms. The molecule has 1 aromatic rings. The Morgan fingerprint density at radius 1 is 1.47 bits per heavy atom. The zero-order valence-electron chi connectivity index (χ0n) is 10.4. The Morgan fingerprint density at radius 2 is 2.32 bits per heavy atom. The summed E-state index contributed by atoms with van der Waals surface area (Å²) in [5, 5.41) is 7.16. The Labute approximate surface area is 122 Å². The van der Waals surface area contributed by atoms with Gasteiger partial charge in [0.2, 0.25) is 5.91 Å². The van der Waals surface area contributed by atoms with E-state index >= 15 is 0 Å². The van der Waals surface area contributed by atoms with Crippen molar-refractivity contribution in [2.75, 3.05) is 19.7 Å². The van der Waals surface area contributed by atoms with E-state index in [-0.39, 0.29) is 11.9 Å². The van der Waals surface area contributed by atoms with Crippen LogP contribution in [-0.2, 0) is 4.79 Å². The van der Waals surface area contributed by atoms with E-state index in [9.17, 15) is 4.79 Å². The van der Waals surface area contributed by atoms with Crippen molar-refractivity contribution in [2.45, 2.75) is 18.9 Å². The number of ether oxygens (including phenoxy) is 1. The number of amides is 1. The monoisotopic (exact) mass is 302 g/mol. The van der Waals surface area contributed by atoms with E-state index in [2.05, 4.69) is 10.6 Å². The lowest BCUT2D eigenvalue weighted by Gasteiger charge is -2.12. The molecule has 0 aliphatic carbocycles. The van der Waals surface area contributed by atoms with E-state index in [1.165, 1.54) is 0 Å². The van der Waals surface area contributed by atoms with Gasteiger partial charge in [0.15, 0.2) is 0 Å². The molecule has 0 radical (unpaired) electrons. The summed E-state index contributed by atoms with van der Waals surface area (Å²) in [5.41, 5.74) is 0. The van der Waals surface area contributed by atoms with Crippen LogP contribution in [0.4, 0.5) is 0 Å². The summed E-state index contributed by atoms with van der Waals surface area (Å²) in [6.07, 6.45) is 1.30. The average molecular weight is 303 g/mol. The van der Waals surface area contributed by atoms with Gasteiger partial charge in [0.25, 0.3) is 0 Å². The van der Waals surface area contributed by atoms with Crippen molar-refractivity contribution < 1.29 is 9.53 Å². The van der Waals surface area contributed by atoms with Crippen molar-refractivity contribution in [1.82, 2.24) is 10.6 Å². The smallest absolute Gasteiger partial charge is 0.223 e. The Hall–Kier alpha value is -0.970. The van der Waals surface area contributed by atoms with Crippen LogP contribution in [0.3, 0.4) is 0 Å². The van der Waals surface area contributed by atoms with E-state index in [0.717, 1.165) is 19.5 Å². The summed E-state index contributed by atoms with van der Waals surface area (Å²) >= 11 is 11.8. The summed E-state index contributed by atoms with van der Waals surface area (Å²) in [7, 11) is 0. The molecule has 2 rings (SSSR count).